The zero-order valence-electron chi connectivity index (χ0n) is 16.8. The lowest BCUT2D eigenvalue weighted by Gasteiger charge is -2.46. The first-order chi connectivity index (χ1) is 14.6. The summed E-state index contributed by atoms with van der Waals surface area (Å²) in [5, 5.41) is 9.84. The van der Waals surface area contributed by atoms with E-state index in [4.69, 9.17) is 9.05 Å². The molecule has 0 saturated carbocycles. The molecule has 3 rings (SSSR count). The fraction of sp³-hybridized carbons (Fsp3) is 0.688. The second-order valence-corrected chi connectivity index (χ2v) is 10.2. The number of nitrogens with one attached hydrogen (secondary N) is 1. The Morgan fingerprint density at radius 3 is 2.65 bits per heavy atom. The van der Waals surface area contributed by atoms with Gasteiger partial charge in [-0.15, -0.1) is 11.8 Å². The zero-order valence-corrected chi connectivity index (χ0v) is 20.7. The van der Waals surface area contributed by atoms with Gasteiger partial charge in [-0.3, -0.25) is 9.00 Å². The molecule has 2 fully saturated rings. The van der Waals surface area contributed by atoms with Gasteiger partial charge in [-0.05, 0) is 13.3 Å². The molecular formula is C16H24N3O8P2S2-. The molecule has 0 spiro atoms. The maximum atomic E-state index is 12.6. The van der Waals surface area contributed by atoms with Crippen LogP contribution in [0.25, 0.3) is 0 Å². The quantitative estimate of drug-likeness (QED) is 0.270. The summed E-state index contributed by atoms with van der Waals surface area (Å²) < 4.78 is 33.6. The van der Waals surface area contributed by atoms with Crippen molar-refractivity contribution in [2.75, 3.05) is 13.1 Å². The van der Waals surface area contributed by atoms with Crippen molar-refractivity contribution in [1.82, 2.24) is 14.5 Å². The summed E-state index contributed by atoms with van der Waals surface area (Å²) in [4.78, 5) is 40.7. The van der Waals surface area contributed by atoms with Gasteiger partial charge in [0.15, 0.2) is 0 Å². The minimum absolute atomic E-state index is 0.0272. The molecule has 0 radical (unpaired) electrons. The van der Waals surface area contributed by atoms with Crippen molar-refractivity contribution in [3.63, 3.8) is 0 Å². The van der Waals surface area contributed by atoms with Crippen LogP contribution < -0.4 is 4.72 Å². The first-order valence-electron chi connectivity index (χ1n) is 9.45. The van der Waals surface area contributed by atoms with Crippen LogP contribution in [0, 0.1) is 11.8 Å². The third-order valence-corrected chi connectivity index (χ3v) is 8.16. The van der Waals surface area contributed by atoms with Crippen LogP contribution in [0.2, 0.25) is 0 Å². The zero-order chi connectivity index (χ0) is 23.0. The van der Waals surface area contributed by atoms with Crippen molar-refractivity contribution in [1.29, 1.82) is 0 Å². The average Bonchev–Trinajstić information content (AvgIpc) is 3.22. The van der Waals surface area contributed by atoms with Crippen molar-refractivity contribution in [3.05, 3.63) is 10.6 Å². The van der Waals surface area contributed by atoms with Gasteiger partial charge in [0.2, 0.25) is 5.91 Å². The number of thioether (sulfide) groups is 1. The largest absolute Gasteiger partial charge is 0.760 e. The van der Waals surface area contributed by atoms with Crippen LogP contribution in [0.4, 0.5) is 4.79 Å². The van der Waals surface area contributed by atoms with Crippen molar-refractivity contribution < 1.29 is 37.3 Å². The van der Waals surface area contributed by atoms with Gasteiger partial charge in [0, 0.05) is 46.5 Å². The first kappa shape index (κ1) is 24.8. The van der Waals surface area contributed by atoms with E-state index < -0.39 is 41.4 Å². The minimum atomic E-state index is -2.47. The summed E-state index contributed by atoms with van der Waals surface area (Å²) >= 11 is -1.11. The molecule has 174 valence electrons. The number of rotatable bonds is 7. The molecule has 2 amide bonds. The first-order valence-corrected chi connectivity index (χ1v) is 12.3. The summed E-state index contributed by atoms with van der Waals surface area (Å²) in [6.07, 6.45) is -1.01. The maximum absolute atomic E-state index is 12.6. The van der Waals surface area contributed by atoms with Gasteiger partial charge in [-0.2, -0.15) is 0 Å². The average molecular weight is 512 g/mol. The molecular weight excluding hydrogens is 488 g/mol. The minimum Gasteiger partial charge on any atom is -0.760 e. The summed E-state index contributed by atoms with van der Waals surface area (Å²) in [6.45, 7) is 3.73. The van der Waals surface area contributed by atoms with E-state index >= 15 is 0 Å². The fourth-order valence-corrected chi connectivity index (χ4v) is 6.65. The van der Waals surface area contributed by atoms with Gasteiger partial charge in [0.25, 0.3) is 0 Å². The van der Waals surface area contributed by atoms with Crippen LogP contribution >= 0.6 is 30.7 Å². The molecule has 9 atom stereocenters. The van der Waals surface area contributed by atoms with Crippen molar-refractivity contribution >= 4 is 59.9 Å². The predicted octanol–water partition coefficient (Wildman–Crippen LogP) is -0.125. The Morgan fingerprint density at radius 1 is 1.42 bits per heavy atom. The number of aliphatic hydroxyl groups excluding tert-OH is 1. The van der Waals surface area contributed by atoms with Gasteiger partial charge in [-0.25, -0.2) is 14.3 Å². The van der Waals surface area contributed by atoms with E-state index in [0.717, 1.165) is 0 Å². The number of hydrogen-bond acceptors (Lipinski definition) is 9. The summed E-state index contributed by atoms with van der Waals surface area (Å²) in [5.74, 6) is -1.81. The normalized spacial score (nSPS) is 31.9. The predicted molar refractivity (Wildman–Crippen MR) is 117 cm³/mol. The number of carbonyl (C=O) groups excluding carboxylic acids is 3. The number of nitrogens with zero attached hydrogens (tertiary/aromatic N) is 2. The molecule has 3 aliphatic rings. The summed E-state index contributed by atoms with van der Waals surface area (Å²) in [7, 11) is 3.76. The Bertz CT molecular complexity index is 829. The Labute approximate surface area is 191 Å². The van der Waals surface area contributed by atoms with Crippen LogP contribution in [0.3, 0.4) is 0 Å². The van der Waals surface area contributed by atoms with Gasteiger partial charge in [0.1, 0.15) is 5.70 Å². The molecule has 15 heteroatoms. The number of amides is 2. The highest BCUT2D eigenvalue weighted by Crippen LogP contribution is 2.52. The second kappa shape index (κ2) is 9.99. The van der Waals surface area contributed by atoms with E-state index in [1.54, 1.807) is 6.92 Å². The Kier molecular flexibility index (Phi) is 8.00. The third-order valence-electron chi connectivity index (χ3n) is 5.85. The third kappa shape index (κ3) is 4.64. The molecule has 3 heterocycles. The number of aliphatic hydroxyl groups is 1. The Balaban J connectivity index is 1.83. The Hall–Kier alpha value is -0.810. The van der Waals surface area contributed by atoms with E-state index in [1.165, 1.54) is 21.6 Å². The fourth-order valence-electron chi connectivity index (χ4n) is 4.51. The standard InChI is InChI=1S/C16H25N3O8P2S2/c1-6-11-10(7(2)20)14(21)19(11)12(15(22)26-28)13(6)30-9-3-8(4-17-31(24)25)18(5-9)16(23)27-29/h6-11,17,20H,3-5,28-29H2,1-2H3,(H,24,25)/p-1/t6-,7-,8+,9+,10-,11-/m1/s1. The molecule has 31 heavy (non-hydrogen) atoms. The molecule has 3 aliphatic heterocycles. The Morgan fingerprint density at radius 2 is 2.10 bits per heavy atom. The van der Waals surface area contributed by atoms with E-state index in [0.29, 0.717) is 11.3 Å². The molecule has 0 aromatic heterocycles. The molecule has 2 saturated heterocycles. The van der Waals surface area contributed by atoms with E-state index in [9.17, 15) is 28.3 Å². The maximum Gasteiger partial charge on any atom is 0.412 e. The van der Waals surface area contributed by atoms with Gasteiger partial charge >= 0.3 is 12.1 Å². The van der Waals surface area contributed by atoms with Gasteiger partial charge < -0.3 is 28.5 Å². The SMILES string of the molecule is C[C@@H](O)[C@H]1C(=O)N2C(C(=O)OP)=C(S[C@H]3C[C@@H](CNS(=O)[O-])N(C(=O)OP)C3)[C@H](C)[C@H]12. The number of hydrogen-bond donors (Lipinski definition) is 2. The van der Waals surface area contributed by atoms with Crippen LogP contribution in [0.5, 0.6) is 0 Å². The lowest BCUT2D eigenvalue weighted by molar-refractivity contribution is -0.162. The highest BCUT2D eigenvalue weighted by atomic mass is 32.2. The molecule has 11 nitrogen and oxygen atoms in total. The van der Waals surface area contributed by atoms with Crippen LogP contribution in [-0.4, -0.2) is 78.2 Å². The van der Waals surface area contributed by atoms with E-state index in [2.05, 4.69) is 4.72 Å². The number of likely N-dealkylation sites (tertiary alicyclic amines) is 1. The van der Waals surface area contributed by atoms with E-state index in [-0.39, 0.29) is 41.9 Å². The number of β-lactam (4-membered cyclic amide) rings is 1. The molecule has 2 N–H and O–H groups in total. The van der Waals surface area contributed by atoms with E-state index in [1.807, 2.05) is 25.9 Å². The van der Waals surface area contributed by atoms with Gasteiger partial charge in [-0.1, -0.05) is 6.92 Å². The van der Waals surface area contributed by atoms with Crippen molar-refractivity contribution in [2.45, 2.75) is 43.7 Å². The monoisotopic (exact) mass is 512 g/mol. The lowest BCUT2D eigenvalue weighted by atomic mass is 9.79. The van der Waals surface area contributed by atoms with Crippen LogP contribution in [0.1, 0.15) is 20.3 Å². The number of fused-ring (bicyclic) bond motifs is 1. The second-order valence-electron chi connectivity index (χ2n) is 7.62. The number of carbonyl (C=O) groups is 3. The highest BCUT2D eigenvalue weighted by Gasteiger charge is 2.60. The summed E-state index contributed by atoms with van der Waals surface area (Å²) in [6, 6.07) is -0.772. The lowest BCUT2D eigenvalue weighted by Crippen LogP contribution is -2.63. The highest BCUT2D eigenvalue weighted by molar-refractivity contribution is 8.03. The van der Waals surface area contributed by atoms with Crippen LogP contribution in [-0.2, 0) is 29.9 Å². The van der Waals surface area contributed by atoms with Crippen molar-refractivity contribution in [2.24, 2.45) is 11.8 Å². The van der Waals surface area contributed by atoms with Gasteiger partial charge in [0.05, 0.1) is 37.0 Å². The molecule has 0 aromatic rings. The summed E-state index contributed by atoms with van der Waals surface area (Å²) in [5.41, 5.74) is 0.154. The van der Waals surface area contributed by atoms with Crippen molar-refractivity contribution in [3.8, 4) is 0 Å². The van der Waals surface area contributed by atoms with Crippen LogP contribution in [0.15, 0.2) is 10.6 Å². The molecule has 0 aromatic carbocycles. The molecule has 3 unspecified atom stereocenters. The smallest absolute Gasteiger partial charge is 0.412 e. The topological polar surface area (TPSA) is 149 Å². The molecule has 0 bridgehead atoms. The molecule has 0 aliphatic carbocycles.